The number of benzene rings is 1. The van der Waals surface area contributed by atoms with E-state index >= 15 is 0 Å². The van der Waals surface area contributed by atoms with Crippen molar-refractivity contribution in [3.05, 3.63) is 32.5 Å². The summed E-state index contributed by atoms with van der Waals surface area (Å²) in [5.74, 6) is 0. The van der Waals surface area contributed by atoms with E-state index in [-0.39, 0.29) is 9.34 Å². The Morgan fingerprint density at radius 1 is 1.47 bits per heavy atom. The standard InChI is InChI=1S/C10H9ClIN3O2S2/c1-5-9(18-10(13)14-5)19(16,17)15-8-3-2-6(11)4-7(8)12/h2-4,15H,1H3,(H2,13,14). The lowest BCUT2D eigenvalue weighted by atomic mass is 10.3. The predicted molar refractivity (Wildman–Crippen MR) is 86.2 cm³/mol. The zero-order valence-corrected chi connectivity index (χ0v) is 14.2. The van der Waals surface area contributed by atoms with Gasteiger partial charge in [-0.05, 0) is 47.7 Å². The van der Waals surface area contributed by atoms with Gasteiger partial charge in [0, 0.05) is 8.59 Å². The topological polar surface area (TPSA) is 85.1 Å². The molecule has 0 saturated carbocycles. The van der Waals surface area contributed by atoms with E-state index in [9.17, 15) is 8.42 Å². The Hall–Kier alpha value is -0.580. The van der Waals surface area contributed by atoms with Crippen molar-refractivity contribution in [3.63, 3.8) is 0 Å². The molecule has 2 aromatic rings. The second-order valence-corrected chi connectivity index (χ2v) is 8.16. The summed E-state index contributed by atoms with van der Waals surface area (Å²) in [6.45, 7) is 1.61. The average molecular weight is 430 g/mol. The summed E-state index contributed by atoms with van der Waals surface area (Å²) >= 11 is 8.78. The summed E-state index contributed by atoms with van der Waals surface area (Å²) < 4.78 is 27.8. The maximum absolute atomic E-state index is 12.2. The first-order valence-electron chi connectivity index (χ1n) is 5.00. The summed E-state index contributed by atoms with van der Waals surface area (Å²) in [5.41, 5.74) is 6.37. The third-order valence-electron chi connectivity index (χ3n) is 2.19. The Morgan fingerprint density at radius 3 is 2.68 bits per heavy atom. The van der Waals surface area contributed by atoms with E-state index in [0.29, 0.717) is 20.0 Å². The quantitative estimate of drug-likeness (QED) is 0.734. The minimum atomic E-state index is -3.68. The van der Waals surface area contributed by atoms with Crippen molar-refractivity contribution in [2.24, 2.45) is 0 Å². The molecule has 1 heterocycles. The van der Waals surface area contributed by atoms with Crippen molar-refractivity contribution in [2.45, 2.75) is 11.1 Å². The van der Waals surface area contributed by atoms with E-state index in [2.05, 4.69) is 9.71 Å². The number of nitrogens with zero attached hydrogens (tertiary/aromatic N) is 1. The molecule has 0 aliphatic rings. The summed E-state index contributed by atoms with van der Waals surface area (Å²) in [7, 11) is -3.68. The molecule has 0 radical (unpaired) electrons. The lowest BCUT2D eigenvalue weighted by Gasteiger charge is -2.08. The minimum Gasteiger partial charge on any atom is -0.375 e. The molecule has 0 amide bonds. The SMILES string of the molecule is Cc1nc(N)sc1S(=O)(=O)Nc1ccc(Cl)cc1I. The van der Waals surface area contributed by atoms with Crippen molar-refractivity contribution in [3.8, 4) is 0 Å². The first-order valence-corrected chi connectivity index (χ1v) is 8.76. The van der Waals surface area contributed by atoms with Crippen LogP contribution in [0, 0.1) is 10.5 Å². The molecule has 0 bridgehead atoms. The van der Waals surface area contributed by atoms with Gasteiger partial charge in [-0.1, -0.05) is 22.9 Å². The molecule has 1 aromatic heterocycles. The monoisotopic (exact) mass is 429 g/mol. The first-order chi connectivity index (χ1) is 8.79. The molecule has 9 heteroatoms. The predicted octanol–water partition coefficient (Wildman–Crippen LogP) is 3.09. The molecule has 0 spiro atoms. The number of halogens is 2. The molecule has 1 aromatic carbocycles. The number of hydrogen-bond donors (Lipinski definition) is 2. The number of hydrogen-bond acceptors (Lipinski definition) is 5. The molecule has 0 atom stereocenters. The molecule has 2 rings (SSSR count). The number of aromatic nitrogens is 1. The van der Waals surface area contributed by atoms with E-state index in [4.69, 9.17) is 17.3 Å². The number of nitrogen functional groups attached to an aromatic ring is 1. The van der Waals surface area contributed by atoms with Crippen LogP contribution in [0.15, 0.2) is 22.4 Å². The van der Waals surface area contributed by atoms with Crippen molar-refractivity contribution in [2.75, 3.05) is 10.5 Å². The Morgan fingerprint density at radius 2 is 2.16 bits per heavy atom. The summed E-state index contributed by atoms with van der Waals surface area (Å²) in [6.07, 6.45) is 0. The van der Waals surface area contributed by atoms with Crippen LogP contribution in [0.5, 0.6) is 0 Å². The highest BCUT2D eigenvalue weighted by Crippen LogP contribution is 2.29. The van der Waals surface area contributed by atoms with Crippen LogP contribution in [0.25, 0.3) is 0 Å². The van der Waals surface area contributed by atoms with Gasteiger partial charge in [-0.2, -0.15) is 0 Å². The van der Waals surface area contributed by atoms with Crippen LogP contribution in [-0.4, -0.2) is 13.4 Å². The highest BCUT2D eigenvalue weighted by Gasteiger charge is 2.22. The zero-order valence-electron chi connectivity index (χ0n) is 9.65. The van der Waals surface area contributed by atoms with Crippen LogP contribution in [0.2, 0.25) is 5.02 Å². The molecule has 102 valence electrons. The first kappa shape index (κ1) is 14.8. The fraction of sp³-hybridized carbons (Fsp3) is 0.100. The van der Waals surface area contributed by atoms with E-state index in [1.165, 1.54) is 0 Å². The lowest BCUT2D eigenvalue weighted by Crippen LogP contribution is -2.13. The van der Waals surface area contributed by atoms with E-state index in [0.717, 1.165) is 11.3 Å². The van der Waals surface area contributed by atoms with Gasteiger partial charge in [0.15, 0.2) is 9.34 Å². The normalized spacial score (nSPS) is 11.5. The van der Waals surface area contributed by atoms with E-state index in [1.54, 1.807) is 25.1 Å². The second kappa shape index (κ2) is 5.43. The van der Waals surface area contributed by atoms with Gasteiger partial charge >= 0.3 is 0 Å². The van der Waals surface area contributed by atoms with Gasteiger partial charge in [-0.15, -0.1) is 0 Å². The van der Waals surface area contributed by atoms with Crippen LogP contribution < -0.4 is 10.5 Å². The minimum absolute atomic E-state index is 0.121. The van der Waals surface area contributed by atoms with Gasteiger partial charge in [-0.25, -0.2) is 13.4 Å². The van der Waals surface area contributed by atoms with Gasteiger partial charge in [0.05, 0.1) is 11.4 Å². The molecule has 0 unspecified atom stereocenters. The Labute approximate surface area is 133 Å². The number of thiazole rings is 1. The molecule has 0 aliphatic carbocycles. The van der Waals surface area contributed by atoms with Gasteiger partial charge in [0.1, 0.15) is 0 Å². The number of aryl methyl sites for hydroxylation is 1. The fourth-order valence-corrected chi connectivity index (χ4v) is 4.99. The maximum atomic E-state index is 12.2. The van der Waals surface area contributed by atoms with Crippen molar-refractivity contribution in [1.82, 2.24) is 4.98 Å². The highest BCUT2D eigenvalue weighted by molar-refractivity contribution is 14.1. The van der Waals surface area contributed by atoms with Gasteiger partial charge in [0.25, 0.3) is 10.0 Å². The molecular weight excluding hydrogens is 421 g/mol. The van der Waals surface area contributed by atoms with Crippen LogP contribution in [0.4, 0.5) is 10.8 Å². The molecule has 0 aliphatic heterocycles. The molecule has 5 nitrogen and oxygen atoms in total. The largest absolute Gasteiger partial charge is 0.375 e. The lowest BCUT2D eigenvalue weighted by molar-refractivity contribution is 0.602. The maximum Gasteiger partial charge on any atom is 0.273 e. The third kappa shape index (κ3) is 3.30. The van der Waals surface area contributed by atoms with Gasteiger partial charge < -0.3 is 5.73 Å². The summed E-state index contributed by atoms with van der Waals surface area (Å²) in [4.78, 5) is 3.91. The average Bonchev–Trinajstić information content (AvgIpc) is 2.63. The second-order valence-electron chi connectivity index (χ2n) is 3.65. The Bertz CT molecular complexity index is 730. The molecule has 3 N–H and O–H groups in total. The van der Waals surface area contributed by atoms with Crippen LogP contribution >= 0.6 is 45.5 Å². The van der Waals surface area contributed by atoms with Crippen molar-refractivity contribution >= 4 is 66.4 Å². The molecule has 19 heavy (non-hydrogen) atoms. The molecular formula is C10H9ClIN3O2S2. The number of nitrogens with two attached hydrogens (primary N) is 1. The van der Waals surface area contributed by atoms with Crippen molar-refractivity contribution < 1.29 is 8.42 Å². The van der Waals surface area contributed by atoms with Gasteiger partial charge in [0.2, 0.25) is 0 Å². The van der Waals surface area contributed by atoms with Gasteiger partial charge in [-0.3, -0.25) is 4.72 Å². The molecule has 0 saturated heterocycles. The van der Waals surface area contributed by atoms with E-state index < -0.39 is 10.0 Å². The number of rotatable bonds is 3. The Balaban J connectivity index is 2.39. The highest BCUT2D eigenvalue weighted by atomic mass is 127. The van der Waals surface area contributed by atoms with Crippen LogP contribution in [0.3, 0.4) is 0 Å². The third-order valence-corrected chi connectivity index (χ3v) is 6.28. The Kier molecular flexibility index (Phi) is 4.23. The van der Waals surface area contributed by atoms with Crippen LogP contribution in [-0.2, 0) is 10.0 Å². The number of sulfonamides is 1. The van der Waals surface area contributed by atoms with Crippen molar-refractivity contribution in [1.29, 1.82) is 0 Å². The van der Waals surface area contributed by atoms with E-state index in [1.807, 2.05) is 22.6 Å². The smallest absolute Gasteiger partial charge is 0.273 e. The fourth-order valence-electron chi connectivity index (χ4n) is 1.42. The summed E-state index contributed by atoms with van der Waals surface area (Å²) in [6, 6.07) is 4.91. The zero-order chi connectivity index (χ0) is 14.2. The van der Waals surface area contributed by atoms with Crippen LogP contribution in [0.1, 0.15) is 5.69 Å². The summed E-state index contributed by atoms with van der Waals surface area (Å²) in [5, 5.41) is 0.772. The number of anilines is 2. The molecule has 0 fully saturated rings. The number of nitrogens with one attached hydrogen (secondary N) is 1.